The number of likely N-dealkylation sites (tertiary alicyclic amines) is 1. The number of nitrogens with one attached hydrogen (secondary N) is 1. The van der Waals surface area contributed by atoms with E-state index in [9.17, 15) is 9.59 Å². The maximum atomic E-state index is 12.9. The number of carbonyl (C=O) groups excluding carboxylic acids is 2. The van der Waals surface area contributed by atoms with Gasteiger partial charge < -0.3 is 20.0 Å². The van der Waals surface area contributed by atoms with Crippen molar-refractivity contribution in [2.24, 2.45) is 0 Å². The number of carbonyl (C=O) groups is 2. The second kappa shape index (κ2) is 6.71. The zero-order valence-corrected chi connectivity index (χ0v) is 14.7. The number of benzene rings is 1. The van der Waals surface area contributed by atoms with Crippen LogP contribution in [0.25, 0.3) is 0 Å². The van der Waals surface area contributed by atoms with Crippen molar-refractivity contribution in [2.75, 3.05) is 32.1 Å². The molecule has 6 heteroatoms. The van der Waals surface area contributed by atoms with Gasteiger partial charge in [0.25, 0.3) is 0 Å². The summed E-state index contributed by atoms with van der Waals surface area (Å²) in [5.41, 5.74) is 2.31. The highest BCUT2D eigenvalue weighted by Crippen LogP contribution is 2.27. The molecular formula is C18H26N4O2. The number of nitrogens with zero attached hydrogens (tertiary/aromatic N) is 3. The van der Waals surface area contributed by atoms with Crippen LogP contribution in [-0.4, -0.2) is 61.0 Å². The van der Waals surface area contributed by atoms with Crippen LogP contribution in [0.3, 0.4) is 0 Å². The molecule has 130 valence electrons. The molecule has 1 saturated heterocycles. The molecule has 3 rings (SSSR count). The highest BCUT2D eigenvalue weighted by atomic mass is 16.2. The Morgan fingerprint density at radius 3 is 2.67 bits per heavy atom. The second-order valence-electron chi connectivity index (χ2n) is 6.75. The minimum Gasteiger partial charge on any atom is -0.372 e. The van der Waals surface area contributed by atoms with Gasteiger partial charge in [-0.25, -0.2) is 4.79 Å². The Morgan fingerprint density at radius 2 is 2.00 bits per heavy atom. The normalized spacial score (nSPS) is 24.0. The molecular weight excluding hydrogens is 304 g/mol. The molecule has 2 heterocycles. The number of anilines is 1. The topological polar surface area (TPSA) is 55.9 Å². The van der Waals surface area contributed by atoms with Crippen molar-refractivity contribution in [2.45, 2.75) is 38.4 Å². The van der Waals surface area contributed by atoms with Gasteiger partial charge in [0.05, 0.1) is 6.04 Å². The molecule has 0 unspecified atom stereocenters. The van der Waals surface area contributed by atoms with E-state index >= 15 is 0 Å². The fraction of sp³-hybridized carbons (Fsp3) is 0.556. The van der Waals surface area contributed by atoms with Gasteiger partial charge in [0, 0.05) is 39.4 Å². The summed E-state index contributed by atoms with van der Waals surface area (Å²) in [4.78, 5) is 30.7. The lowest BCUT2D eigenvalue weighted by Crippen LogP contribution is -2.52. The van der Waals surface area contributed by atoms with Gasteiger partial charge in [-0.3, -0.25) is 4.79 Å². The molecule has 0 saturated carbocycles. The molecule has 3 amide bonds. The molecule has 2 aliphatic rings. The average Bonchev–Trinajstić information content (AvgIpc) is 2.81. The third-order valence-electron chi connectivity index (χ3n) is 5.13. The number of fused-ring (bicyclic) bond motifs is 1. The molecule has 1 aromatic carbocycles. The Morgan fingerprint density at radius 1 is 1.25 bits per heavy atom. The molecule has 0 spiro atoms. The minimum atomic E-state index is -0.392. The molecule has 2 aliphatic heterocycles. The van der Waals surface area contributed by atoms with Crippen molar-refractivity contribution in [1.82, 2.24) is 15.1 Å². The van der Waals surface area contributed by atoms with E-state index in [1.807, 2.05) is 17.0 Å². The first-order valence-electron chi connectivity index (χ1n) is 8.62. The van der Waals surface area contributed by atoms with Crippen LogP contribution in [0.1, 0.15) is 25.3 Å². The van der Waals surface area contributed by atoms with E-state index < -0.39 is 6.04 Å². The van der Waals surface area contributed by atoms with Crippen molar-refractivity contribution < 1.29 is 9.59 Å². The summed E-state index contributed by atoms with van der Waals surface area (Å²) in [6, 6.07) is 7.79. The van der Waals surface area contributed by atoms with Gasteiger partial charge in [0.1, 0.15) is 6.04 Å². The van der Waals surface area contributed by atoms with Crippen molar-refractivity contribution >= 4 is 17.6 Å². The number of hydrogen-bond acceptors (Lipinski definition) is 3. The summed E-state index contributed by atoms with van der Waals surface area (Å²) < 4.78 is 0. The van der Waals surface area contributed by atoms with E-state index in [2.05, 4.69) is 36.3 Å². The maximum Gasteiger partial charge on any atom is 0.318 e. The van der Waals surface area contributed by atoms with Gasteiger partial charge in [0.2, 0.25) is 5.91 Å². The van der Waals surface area contributed by atoms with Crippen LogP contribution in [0.4, 0.5) is 10.5 Å². The van der Waals surface area contributed by atoms with Crippen LogP contribution in [0.5, 0.6) is 0 Å². The predicted molar refractivity (Wildman–Crippen MR) is 93.9 cm³/mol. The fourth-order valence-corrected chi connectivity index (χ4v) is 3.62. The van der Waals surface area contributed by atoms with Crippen molar-refractivity contribution in [1.29, 1.82) is 0 Å². The monoisotopic (exact) mass is 330 g/mol. The molecule has 0 bridgehead atoms. The van der Waals surface area contributed by atoms with E-state index in [0.717, 1.165) is 18.5 Å². The highest BCUT2D eigenvalue weighted by Gasteiger charge is 2.34. The van der Waals surface area contributed by atoms with Gasteiger partial charge >= 0.3 is 6.03 Å². The fourth-order valence-electron chi connectivity index (χ4n) is 3.62. The summed E-state index contributed by atoms with van der Waals surface area (Å²) >= 11 is 0. The van der Waals surface area contributed by atoms with Crippen LogP contribution in [0.2, 0.25) is 0 Å². The van der Waals surface area contributed by atoms with E-state index in [4.69, 9.17) is 0 Å². The summed E-state index contributed by atoms with van der Waals surface area (Å²) in [5, 5.41) is 2.94. The molecule has 0 aliphatic carbocycles. The predicted octanol–water partition coefficient (Wildman–Crippen LogP) is 1.66. The number of urea groups is 1. The third kappa shape index (κ3) is 3.05. The quantitative estimate of drug-likeness (QED) is 0.897. The molecule has 1 N–H and O–H groups in total. The van der Waals surface area contributed by atoms with Gasteiger partial charge in [-0.15, -0.1) is 0 Å². The van der Waals surface area contributed by atoms with Gasteiger partial charge in [-0.05, 0) is 24.5 Å². The Hall–Kier alpha value is -2.24. The van der Waals surface area contributed by atoms with Gasteiger partial charge in [-0.1, -0.05) is 25.1 Å². The standard InChI is InChI=1S/C18H26N4O2/c1-4-14-12-21(3)16-8-6-5-7-13(16)11-22(14)18(24)19-15-9-10-20(2)17(15)23/h5-8,14-15H,4,9-12H2,1-3H3,(H,19,24)/t14-,15+/m1/s1. The number of rotatable bonds is 2. The lowest BCUT2D eigenvalue weighted by atomic mass is 10.1. The first-order valence-corrected chi connectivity index (χ1v) is 8.62. The largest absolute Gasteiger partial charge is 0.372 e. The summed E-state index contributed by atoms with van der Waals surface area (Å²) in [6.07, 6.45) is 1.56. The first kappa shape index (κ1) is 16.6. The minimum absolute atomic E-state index is 0.00346. The molecule has 1 fully saturated rings. The first-order chi connectivity index (χ1) is 11.5. The van der Waals surface area contributed by atoms with E-state index in [1.165, 1.54) is 5.69 Å². The van der Waals surface area contributed by atoms with Crippen molar-refractivity contribution in [3.05, 3.63) is 29.8 Å². The lowest BCUT2D eigenvalue weighted by Gasteiger charge is -2.31. The van der Waals surface area contributed by atoms with Crippen LogP contribution in [-0.2, 0) is 11.3 Å². The summed E-state index contributed by atoms with van der Waals surface area (Å²) in [5.74, 6) is 0.00346. The third-order valence-corrected chi connectivity index (χ3v) is 5.13. The summed E-state index contributed by atoms with van der Waals surface area (Å²) in [7, 11) is 3.85. The SMILES string of the molecule is CC[C@@H]1CN(C)c2ccccc2CN1C(=O)N[C@H]1CCN(C)C1=O. The highest BCUT2D eigenvalue weighted by molar-refractivity contribution is 5.88. The van der Waals surface area contributed by atoms with E-state index in [0.29, 0.717) is 19.5 Å². The number of amides is 3. The molecule has 6 nitrogen and oxygen atoms in total. The Bertz CT molecular complexity index is 633. The van der Waals surface area contributed by atoms with Crippen molar-refractivity contribution in [3.63, 3.8) is 0 Å². The van der Waals surface area contributed by atoms with Crippen LogP contribution in [0.15, 0.2) is 24.3 Å². The Kier molecular flexibility index (Phi) is 4.64. The zero-order chi connectivity index (χ0) is 17.3. The molecule has 24 heavy (non-hydrogen) atoms. The molecule has 1 aromatic rings. The second-order valence-corrected chi connectivity index (χ2v) is 6.75. The molecule has 0 radical (unpaired) electrons. The van der Waals surface area contributed by atoms with Gasteiger partial charge in [-0.2, -0.15) is 0 Å². The van der Waals surface area contributed by atoms with Crippen molar-refractivity contribution in [3.8, 4) is 0 Å². The van der Waals surface area contributed by atoms with Crippen LogP contribution in [0, 0.1) is 0 Å². The van der Waals surface area contributed by atoms with E-state index in [1.54, 1.807) is 11.9 Å². The average molecular weight is 330 g/mol. The Labute approximate surface area is 143 Å². The Balaban J connectivity index is 1.80. The van der Waals surface area contributed by atoms with Crippen LogP contribution >= 0.6 is 0 Å². The van der Waals surface area contributed by atoms with E-state index in [-0.39, 0.29) is 18.0 Å². The molecule has 0 aromatic heterocycles. The maximum absolute atomic E-state index is 12.9. The number of likely N-dealkylation sites (N-methyl/N-ethyl adjacent to an activating group) is 2. The zero-order valence-electron chi connectivity index (χ0n) is 14.7. The number of para-hydroxylation sites is 1. The smallest absolute Gasteiger partial charge is 0.318 e. The lowest BCUT2D eigenvalue weighted by molar-refractivity contribution is -0.128. The number of hydrogen-bond donors (Lipinski definition) is 1. The van der Waals surface area contributed by atoms with Gasteiger partial charge in [0.15, 0.2) is 0 Å². The van der Waals surface area contributed by atoms with Crippen LogP contribution < -0.4 is 10.2 Å². The molecule has 2 atom stereocenters. The summed E-state index contributed by atoms with van der Waals surface area (Å²) in [6.45, 7) is 4.16.